The van der Waals surface area contributed by atoms with Gasteiger partial charge in [-0.2, -0.15) is 0 Å². The molecule has 3 nitrogen and oxygen atoms in total. The van der Waals surface area contributed by atoms with Crippen LogP contribution in [0.15, 0.2) is 36.7 Å². The fourth-order valence-electron chi connectivity index (χ4n) is 2.50. The van der Waals surface area contributed by atoms with Gasteiger partial charge in [0.15, 0.2) is 0 Å². The van der Waals surface area contributed by atoms with Crippen molar-refractivity contribution in [3.63, 3.8) is 0 Å². The Balaban J connectivity index is 0.00000264. The van der Waals surface area contributed by atoms with Crippen molar-refractivity contribution >= 4 is 30.9 Å². The summed E-state index contributed by atoms with van der Waals surface area (Å²) in [4.78, 5) is 6.63. The molecule has 0 bridgehead atoms. The molecule has 136 valence electrons. The van der Waals surface area contributed by atoms with Crippen LogP contribution in [-0.2, 0) is 0 Å². The van der Waals surface area contributed by atoms with Crippen molar-refractivity contribution < 1.29 is 4.74 Å². The molecule has 1 aromatic rings. The Morgan fingerprint density at radius 2 is 2.00 bits per heavy atom. The lowest BCUT2D eigenvalue weighted by atomic mass is 9.96. The molecule has 1 saturated heterocycles. The van der Waals surface area contributed by atoms with Crippen LogP contribution < -0.4 is 4.74 Å². The normalized spacial score (nSPS) is 18.6. The van der Waals surface area contributed by atoms with E-state index in [0.717, 1.165) is 17.9 Å². The highest BCUT2D eigenvalue weighted by atomic mass is 35.5. The molecule has 0 N–H and O–H groups in total. The summed E-state index contributed by atoms with van der Waals surface area (Å²) in [6.45, 7) is 8.48. The maximum atomic E-state index is 5.91. The second kappa shape index (κ2) is 10.8. The first kappa shape index (κ1) is 23.0. The van der Waals surface area contributed by atoms with E-state index in [1.54, 1.807) is 6.20 Å². The van der Waals surface area contributed by atoms with Crippen LogP contribution in [0.25, 0.3) is 6.08 Å². The van der Waals surface area contributed by atoms with Gasteiger partial charge in [-0.3, -0.25) is 4.98 Å². The molecule has 0 spiro atoms. The molecular formula is C19H30Cl2N2O. The van der Waals surface area contributed by atoms with Crippen molar-refractivity contribution in [2.75, 3.05) is 20.2 Å². The Labute approximate surface area is 159 Å². The molecule has 0 radical (unpaired) electrons. The SMILES string of the molecule is CN1CCC[C@H]1COc1cncc(/C=C/C=C/C(C)(C)C)c1.Cl.Cl. The lowest BCUT2D eigenvalue weighted by Gasteiger charge is -2.19. The van der Waals surface area contributed by atoms with Crippen LogP contribution in [0.2, 0.25) is 0 Å². The van der Waals surface area contributed by atoms with Gasteiger partial charge in [0.05, 0.1) is 6.20 Å². The molecule has 24 heavy (non-hydrogen) atoms. The third kappa shape index (κ3) is 8.18. The van der Waals surface area contributed by atoms with E-state index in [1.807, 2.05) is 12.3 Å². The second-order valence-electron chi connectivity index (χ2n) is 7.13. The first-order valence-electron chi connectivity index (χ1n) is 8.08. The number of ether oxygens (including phenoxy) is 1. The summed E-state index contributed by atoms with van der Waals surface area (Å²) in [5, 5.41) is 0. The molecule has 0 amide bonds. The van der Waals surface area contributed by atoms with Crippen LogP contribution in [0.1, 0.15) is 39.2 Å². The van der Waals surface area contributed by atoms with Gasteiger partial charge >= 0.3 is 0 Å². The predicted octanol–water partition coefficient (Wildman–Crippen LogP) is 5.01. The third-order valence-electron chi connectivity index (χ3n) is 3.84. The van der Waals surface area contributed by atoms with Crippen molar-refractivity contribution in [3.8, 4) is 5.75 Å². The van der Waals surface area contributed by atoms with Gasteiger partial charge in [-0.25, -0.2) is 0 Å². The first-order valence-corrected chi connectivity index (χ1v) is 8.08. The summed E-state index contributed by atoms with van der Waals surface area (Å²) in [6, 6.07) is 2.58. The smallest absolute Gasteiger partial charge is 0.138 e. The van der Waals surface area contributed by atoms with Gasteiger partial charge in [-0.05, 0) is 43.5 Å². The Bertz CT molecular complexity index is 538. The zero-order chi connectivity index (χ0) is 16.0. The molecule has 2 rings (SSSR count). The molecule has 1 aliphatic rings. The number of likely N-dealkylation sites (N-methyl/N-ethyl adjacent to an activating group) is 1. The van der Waals surface area contributed by atoms with Gasteiger partial charge < -0.3 is 9.64 Å². The molecule has 1 fully saturated rings. The van der Waals surface area contributed by atoms with E-state index >= 15 is 0 Å². The lowest BCUT2D eigenvalue weighted by molar-refractivity contribution is 0.198. The summed E-state index contributed by atoms with van der Waals surface area (Å²) < 4.78 is 5.91. The summed E-state index contributed by atoms with van der Waals surface area (Å²) in [5.74, 6) is 0.849. The summed E-state index contributed by atoms with van der Waals surface area (Å²) >= 11 is 0. The monoisotopic (exact) mass is 372 g/mol. The topological polar surface area (TPSA) is 25.4 Å². The summed E-state index contributed by atoms with van der Waals surface area (Å²) in [5.41, 5.74) is 1.27. The van der Waals surface area contributed by atoms with E-state index in [2.05, 4.69) is 62.0 Å². The fourth-order valence-corrected chi connectivity index (χ4v) is 2.50. The van der Waals surface area contributed by atoms with E-state index in [1.165, 1.54) is 19.4 Å². The Morgan fingerprint density at radius 1 is 1.25 bits per heavy atom. The molecule has 0 unspecified atom stereocenters. The van der Waals surface area contributed by atoms with E-state index in [-0.39, 0.29) is 30.2 Å². The number of allylic oxidation sites excluding steroid dienone is 3. The number of pyridine rings is 1. The van der Waals surface area contributed by atoms with E-state index in [4.69, 9.17) is 4.74 Å². The number of rotatable bonds is 5. The minimum absolute atomic E-state index is 0. The number of nitrogens with zero attached hydrogens (tertiary/aromatic N) is 2. The van der Waals surface area contributed by atoms with Gasteiger partial charge in [0.2, 0.25) is 0 Å². The number of hydrogen-bond donors (Lipinski definition) is 0. The quantitative estimate of drug-likeness (QED) is 0.678. The number of halogens is 2. The molecule has 1 aliphatic heterocycles. The van der Waals surface area contributed by atoms with Crippen LogP contribution in [0.3, 0.4) is 0 Å². The largest absolute Gasteiger partial charge is 0.490 e. The summed E-state index contributed by atoms with van der Waals surface area (Å²) in [7, 11) is 2.17. The highest BCUT2D eigenvalue weighted by molar-refractivity contribution is 5.85. The average Bonchev–Trinajstić information content (AvgIpc) is 2.86. The molecule has 1 atom stereocenters. The van der Waals surface area contributed by atoms with Crippen LogP contribution in [0, 0.1) is 5.41 Å². The highest BCUT2D eigenvalue weighted by Gasteiger charge is 2.21. The number of hydrogen-bond acceptors (Lipinski definition) is 3. The molecular weight excluding hydrogens is 343 g/mol. The van der Waals surface area contributed by atoms with Gasteiger partial charge in [-0.15, -0.1) is 24.8 Å². The fraction of sp³-hybridized carbons (Fsp3) is 0.526. The Hall–Kier alpha value is -1.03. The van der Waals surface area contributed by atoms with Gasteiger partial charge in [0, 0.05) is 12.2 Å². The van der Waals surface area contributed by atoms with Crippen LogP contribution in [-0.4, -0.2) is 36.1 Å². The van der Waals surface area contributed by atoms with Crippen molar-refractivity contribution in [3.05, 3.63) is 42.3 Å². The van der Waals surface area contributed by atoms with Gasteiger partial charge in [0.25, 0.3) is 0 Å². The molecule has 1 aromatic heterocycles. The van der Waals surface area contributed by atoms with Crippen molar-refractivity contribution in [1.29, 1.82) is 0 Å². The van der Waals surface area contributed by atoms with Crippen LogP contribution in [0.5, 0.6) is 5.75 Å². The van der Waals surface area contributed by atoms with Gasteiger partial charge in [-0.1, -0.05) is 45.1 Å². The van der Waals surface area contributed by atoms with Crippen molar-refractivity contribution in [1.82, 2.24) is 9.88 Å². The van der Waals surface area contributed by atoms with Crippen molar-refractivity contribution in [2.24, 2.45) is 5.41 Å². The number of likely N-dealkylation sites (tertiary alicyclic amines) is 1. The van der Waals surface area contributed by atoms with Crippen LogP contribution >= 0.6 is 24.8 Å². The molecule has 0 aromatic carbocycles. The predicted molar refractivity (Wildman–Crippen MR) is 108 cm³/mol. The third-order valence-corrected chi connectivity index (χ3v) is 3.84. The molecule has 2 heterocycles. The van der Waals surface area contributed by atoms with Gasteiger partial charge in [0.1, 0.15) is 12.4 Å². The Kier molecular flexibility index (Phi) is 10.3. The standard InChI is InChI=1S/C19H28N2O.2ClH/c1-19(2,3)10-6-5-8-16-12-18(14-20-13-16)22-15-17-9-7-11-21(17)4;;/h5-6,8,10,12-14,17H,7,9,11,15H2,1-4H3;2*1H/b8-5+,10-6+;;/t17-;;/m0../s1. The summed E-state index contributed by atoms with van der Waals surface area (Å²) in [6.07, 6.45) is 14.5. The zero-order valence-electron chi connectivity index (χ0n) is 15.1. The maximum absolute atomic E-state index is 5.91. The average molecular weight is 373 g/mol. The second-order valence-corrected chi connectivity index (χ2v) is 7.13. The van der Waals surface area contributed by atoms with E-state index < -0.39 is 0 Å². The molecule has 0 saturated carbocycles. The molecule has 5 heteroatoms. The first-order chi connectivity index (χ1) is 10.4. The number of aromatic nitrogens is 1. The minimum atomic E-state index is 0. The maximum Gasteiger partial charge on any atom is 0.138 e. The molecule has 0 aliphatic carbocycles. The lowest BCUT2D eigenvalue weighted by Crippen LogP contribution is -2.30. The van der Waals surface area contributed by atoms with E-state index in [9.17, 15) is 0 Å². The van der Waals surface area contributed by atoms with Crippen molar-refractivity contribution in [2.45, 2.75) is 39.7 Å². The van der Waals surface area contributed by atoms with Crippen LogP contribution in [0.4, 0.5) is 0 Å². The highest BCUT2D eigenvalue weighted by Crippen LogP contribution is 2.18. The minimum Gasteiger partial charge on any atom is -0.490 e. The Morgan fingerprint density at radius 3 is 2.62 bits per heavy atom. The van der Waals surface area contributed by atoms with E-state index in [0.29, 0.717) is 6.04 Å². The zero-order valence-corrected chi connectivity index (χ0v) is 16.7.